The van der Waals surface area contributed by atoms with Crippen LogP contribution in [0.1, 0.15) is 102 Å². The van der Waals surface area contributed by atoms with Gasteiger partial charge in [0.25, 0.3) is 0 Å². The second-order valence-electron chi connectivity index (χ2n) is 17.1. The molecule has 0 saturated carbocycles. The van der Waals surface area contributed by atoms with Gasteiger partial charge < -0.3 is 53.4 Å². The Balaban J connectivity index is 2.22. The molecule has 0 aromatic carbocycles. The Morgan fingerprint density at radius 1 is 0.865 bits per heavy atom. The Labute approximate surface area is 312 Å². The smallest absolute Gasteiger partial charge is 0.311 e. The van der Waals surface area contributed by atoms with Crippen LogP contribution in [0, 0.1) is 29.6 Å². The van der Waals surface area contributed by atoms with Crippen LogP contribution in [0.15, 0.2) is 0 Å². The van der Waals surface area contributed by atoms with Crippen LogP contribution in [0.2, 0.25) is 0 Å². The summed E-state index contributed by atoms with van der Waals surface area (Å²) in [5, 5.41) is 34.7. The average Bonchev–Trinajstić information content (AvgIpc) is 3.09. The van der Waals surface area contributed by atoms with Crippen molar-refractivity contribution in [2.24, 2.45) is 29.6 Å². The second-order valence-corrected chi connectivity index (χ2v) is 17.1. The minimum Gasteiger partial charge on any atom is -0.459 e. The molecule has 0 amide bonds. The van der Waals surface area contributed by atoms with Crippen LogP contribution in [-0.2, 0) is 42.7 Å². The van der Waals surface area contributed by atoms with E-state index in [0.717, 1.165) is 4.90 Å². The van der Waals surface area contributed by atoms with Gasteiger partial charge in [0.1, 0.15) is 23.5 Å². The highest BCUT2D eigenvalue weighted by molar-refractivity contribution is 5.83. The molecule has 0 aliphatic carbocycles. The molecule has 3 rings (SSSR count). The van der Waals surface area contributed by atoms with E-state index in [-0.39, 0.29) is 42.8 Å². The lowest BCUT2D eigenvalue weighted by atomic mass is 9.73. The van der Waals surface area contributed by atoms with Gasteiger partial charge in [-0.3, -0.25) is 9.59 Å². The van der Waals surface area contributed by atoms with Crippen LogP contribution in [-0.4, -0.2) is 134 Å². The number of Topliss-reactive ketones (excluding diaryl/α,β-unsaturated/α-hetero) is 1. The van der Waals surface area contributed by atoms with Crippen molar-refractivity contribution in [3.05, 3.63) is 0 Å². The normalized spacial score (nSPS) is 49.0. The third kappa shape index (κ3) is 9.39. The molecule has 13 nitrogen and oxygen atoms in total. The van der Waals surface area contributed by atoms with Crippen LogP contribution in [0.4, 0.5) is 0 Å². The number of aliphatic hydroxyl groups excluding tert-OH is 2. The fourth-order valence-corrected chi connectivity index (χ4v) is 8.85. The highest BCUT2D eigenvalue weighted by atomic mass is 16.7. The Bertz CT molecular complexity index is 1190. The van der Waals surface area contributed by atoms with Gasteiger partial charge in [-0.15, -0.1) is 0 Å². The standard InChI is InChI=1S/C39H71NO12/c1-16-28-39(11,45)33(43)22(4)30(41)20(2)18-38(10,47-15)34(52-36-31(42)27(40(12)13)17-21(3)48-36)23(5)32(24(6)35(44)50-28)51-29-19-37(9,46-14)25(7)26(8)49-29/h20-29,31-34,36,42-43,45H,16-19H2,1-15H3/p+1/t20-,21+,22-,23-,24+,25-,26-,27-,28+,29-,31+,32-,33+,34+,36-,37+,38+,39+/m0/s1. The molecule has 13 heteroatoms. The molecule has 3 fully saturated rings. The van der Waals surface area contributed by atoms with E-state index in [0.29, 0.717) is 12.8 Å². The lowest BCUT2D eigenvalue weighted by molar-refractivity contribution is -0.893. The summed E-state index contributed by atoms with van der Waals surface area (Å²) < 4.78 is 44.7. The molecule has 52 heavy (non-hydrogen) atoms. The van der Waals surface area contributed by atoms with Crippen molar-refractivity contribution >= 4 is 11.8 Å². The minimum absolute atomic E-state index is 0.0492. The number of hydrogen-bond donors (Lipinski definition) is 4. The van der Waals surface area contributed by atoms with E-state index in [4.69, 9.17) is 33.2 Å². The van der Waals surface area contributed by atoms with Crippen molar-refractivity contribution in [3.8, 4) is 0 Å². The number of carbonyl (C=O) groups excluding carboxylic acids is 2. The number of quaternary nitrogens is 1. The maximum atomic E-state index is 14.2. The molecule has 3 aliphatic rings. The van der Waals surface area contributed by atoms with Crippen molar-refractivity contribution < 1.29 is 63.0 Å². The van der Waals surface area contributed by atoms with Crippen LogP contribution >= 0.6 is 0 Å². The number of aliphatic hydroxyl groups is 3. The second kappa shape index (κ2) is 17.7. The topological polar surface area (TPSA) is 164 Å². The summed E-state index contributed by atoms with van der Waals surface area (Å²) in [5.41, 5.74) is -3.72. The summed E-state index contributed by atoms with van der Waals surface area (Å²) in [7, 11) is 7.16. The first kappa shape index (κ1) is 45.1. The maximum Gasteiger partial charge on any atom is 0.311 e. The van der Waals surface area contributed by atoms with E-state index < -0.39 is 89.5 Å². The van der Waals surface area contributed by atoms with Gasteiger partial charge in [-0.2, -0.15) is 0 Å². The number of cyclic esters (lactones) is 1. The van der Waals surface area contributed by atoms with E-state index >= 15 is 0 Å². The van der Waals surface area contributed by atoms with Gasteiger partial charge in [0.05, 0.1) is 61.7 Å². The summed E-state index contributed by atoms with van der Waals surface area (Å²) in [5.74, 6) is -4.15. The first-order chi connectivity index (χ1) is 24.0. The van der Waals surface area contributed by atoms with Crippen molar-refractivity contribution in [2.45, 2.75) is 180 Å². The third-order valence-electron chi connectivity index (χ3n) is 13.0. The SMILES string of the molecule is CC[C@H]1OC(=O)[C@H](C)[C@@H](O[C@H]2C[C@@](C)(OC)[C@@H](C)[C@H](C)O2)[C@H](C)[C@@H](O[C@@H]2O[C@H](C)C[C@H]([NH+](C)C)[C@H]2O)[C@](C)(OC)C[C@H](C)C(=O)[C@H](C)[C@@H](O)[C@]1(C)O. The van der Waals surface area contributed by atoms with E-state index in [1.54, 1.807) is 34.8 Å². The van der Waals surface area contributed by atoms with Gasteiger partial charge in [0.2, 0.25) is 0 Å². The van der Waals surface area contributed by atoms with Gasteiger partial charge >= 0.3 is 5.97 Å². The van der Waals surface area contributed by atoms with E-state index in [2.05, 4.69) is 6.92 Å². The lowest BCUT2D eigenvalue weighted by Gasteiger charge is -2.50. The van der Waals surface area contributed by atoms with E-state index in [1.807, 2.05) is 48.7 Å². The first-order valence-electron chi connectivity index (χ1n) is 19.3. The van der Waals surface area contributed by atoms with Crippen molar-refractivity contribution in [2.75, 3.05) is 28.3 Å². The molecule has 0 radical (unpaired) electrons. The predicted octanol–water partition coefficient (Wildman–Crippen LogP) is 2.30. The van der Waals surface area contributed by atoms with Crippen molar-refractivity contribution in [1.29, 1.82) is 0 Å². The summed E-state index contributed by atoms with van der Waals surface area (Å²) in [6.07, 6.45) is -6.42. The number of rotatable bonds is 8. The lowest BCUT2D eigenvalue weighted by Crippen LogP contribution is -3.12. The van der Waals surface area contributed by atoms with Crippen LogP contribution in [0.3, 0.4) is 0 Å². The quantitative estimate of drug-likeness (QED) is 0.269. The minimum atomic E-state index is -1.93. The highest BCUT2D eigenvalue weighted by Crippen LogP contribution is 2.42. The zero-order chi connectivity index (χ0) is 39.7. The number of likely N-dealkylation sites (N-methyl/N-ethyl adjacent to an activating group) is 1. The highest BCUT2D eigenvalue weighted by Gasteiger charge is 2.54. The molecule has 3 saturated heterocycles. The molecule has 3 aliphatic heterocycles. The molecule has 18 atom stereocenters. The predicted molar refractivity (Wildman–Crippen MR) is 193 cm³/mol. The van der Waals surface area contributed by atoms with Crippen LogP contribution < -0.4 is 4.90 Å². The molecule has 0 aromatic rings. The first-order valence-corrected chi connectivity index (χ1v) is 19.3. The Hall–Kier alpha value is -1.26. The molecule has 4 N–H and O–H groups in total. The summed E-state index contributed by atoms with van der Waals surface area (Å²) in [4.78, 5) is 29.3. The maximum absolute atomic E-state index is 14.2. The van der Waals surface area contributed by atoms with Gasteiger partial charge in [-0.05, 0) is 54.4 Å². The number of ether oxygens (including phenoxy) is 7. The van der Waals surface area contributed by atoms with Gasteiger partial charge in [-0.25, -0.2) is 0 Å². The zero-order valence-corrected chi connectivity index (χ0v) is 34.5. The number of ketones is 1. The van der Waals surface area contributed by atoms with Crippen LogP contribution in [0.25, 0.3) is 0 Å². The molecule has 0 aromatic heterocycles. The fourth-order valence-electron chi connectivity index (χ4n) is 8.85. The summed E-state index contributed by atoms with van der Waals surface area (Å²) >= 11 is 0. The van der Waals surface area contributed by atoms with Crippen molar-refractivity contribution in [3.63, 3.8) is 0 Å². The number of hydrogen-bond acceptors (Lipinski definition) is 12. The van der Waals surface area contributed by atoms with Crippen molar-refractivity contribution in [1.82, 2.24) is 0 Å². The Morgan fingerprint density at radius 3 is 2.00 bits per heavy atom. The average molecular weight is 747 g/mol. The monoisotopic (exact) mass is 747 g/mol. The van der Waals surface area contributed by atoms with E-state index in [1.165, 1.54) is 14.0 Å². The van der Waals surface area contributed by atoms with E-state index in [9.17, 15) is 24.9 Å². The number of carbonyl (C=O) groups is 2. The largest absolute Gasteiger partial charge is 0.459 e. The molecule has 0 unspecified atom stereocenters. The molecule has 0 bridgehead atoms. The molecule has 3 heterocycles. The molecule has 304 valence electrons. The summed E-state index contributed by atoms with van der Waals surface area (Å²) in [6.45, 7) is 19.9. The third-order valence-corrected chi connectivity index (χ3v) is 13.0. The number of methoxy groups -OCH3 is 2. The van der Waals surface area contributed by atoms with Crippen LogP contribution in [0.5, 0.6) is 0 Å². The fraction of sp³-hybridized carbons (Fsp3) is 0.949. The molecule has 0 spiro atoms. The zero-order valence-electron chi connectivity index (χ0n) is 34.5. The Kier molecular flexibility index (Phi) is 15.3. The molecular formula is C39H72NO12+. The summed E-state index contributed by atoms with van der Waals surface area (Å²) in [6, 6.07) is -0.176. The number of esters is 1. The van der Waals surface area contributed by atoms with Gasteiger partial charge in [0.15, 0.2) is 18.7 Å². The van der Waals surface area contributed by atoms with Gasteiger partial charge in [0, 0.05) is 50.7 Å². The number of nitrogens with one attached hydrogen (secondary N) is 1. The molecular weight excluding hydrogens is 674 g/mol. The van der Waals surface area contributed by atoms with Gasteiger partial charge in [-0.1, -0.05) is 34.6 Å². The Morgan fingerprint density at radius 2 is 1.46 bits per heavy atom.